The van der Waals surface area contributed by atoms with Gasteiger partial charge in [0, 0.05) is 50.1 Å². The van der Waals surface area contributed by atoms with E-state index in [2.05, 4.69) is 32.6 Å². The first-order chi connectivity index (χ1) is 13.2. The Morgan fingerprint density at radius 3 is 2.54 bits per heavy atom. The SMILES string of the molecule is Cn1c(Cc2cccs2)nn(CN2CCN(CC(=O)NC(C)(C)C)CC2)c1=S. The van der Waals surface area contributed by atoms with Gasteiger partial charge in [-0.3, -0.25) is 14.6 Å². The van der Waals surface area contributed by atoms with Crippen molar-refractivity contribution in [1.82, 2.24) is 29.5 Å². The van der Waals surface area contributed by atoms with E-state index in [1.807, 2.05) is 37.1 Å². The van der Waals surface area contributed by atoms with Gasteiger partial charge in [-0.25, -0.2) is 4.68 Å². The van der Waals surface area contributed by atoms with Crippen LogP contribution in [0.2, 0.25) is 0 Å². The first-order valence-electron chi connectivity index (χ1n) is 9.62. The Bertz CT molecular complexity index is 841. The van der Waals surface area contributed by atoms with Gasteiger partial charge in [0.25, 0.3) is 0 Å². The third-order valence-corrected chi connectivity index (χ3v) is 6.08. The van der Waals surface area contributed by atoms with E-state index in [1.54, 1.807) is 11.3 Å². The average Bonchev–Trinajstić information content (AvgIpc) is 3.20. The lowest BCUT2D eigenvalue weighted by atomic mass is 10.1. The number of hydrogen-bond acceptors (Lipinski definition) is 6. The number of thiophene rings is 1. The van der Waals surface area contributed by atoms with E-state index in [9.17, 15) is 4.79 Å². The maximum Gasteiger partial charge on any atom is 0.234 e. The number of carbonyl (C=O) groups excluding carboxylic acids is 1. The van der Waals surface area contributed by atoms with Gasteiger partial charge in [0.15, 0.2) is 4.77 Å². The molecule has 1 saturated heterocycles. The summed E-state index contributed by atoms with van der Waals surface area (Å²) in [6, 6.07) is 4.19. The van der Waals surface area contributed by atoms with Crippen molar-refractivity contribution in [2.24, 2.45) is 7.05 Å². The van der Waals surface area contributed by atoms with E-state index in [-0.39, 0.29) is 11.4 Å². The first-order valence-corrected chi connectivity index (χ1v) is 10.9. The summed E-state index contributed by atoms with van der Waals surface area (Å²) in [5.41, 5.74) is -0.185. The normalized spacial score (nSPS) is 16.4. The number of aromatic nitrogens is 3. The van der Waals surface area contributed by atoms with Crippen LogP contribution in [0.15, 0.2) is 17.5 Å². The lowest BCUT2D eigenvalue weighted by Crippen LogP contribution is -2.51. The number of nitrogens with zero attached hydrogens (tertiary/aromatic N) is 5. The predicted molar refractivity (Wildman–Crippen MR) is 115 cm³/mol. The fourth-order valence-corrected chi connectivity index (χ4v) is 4.19. The van der Waals surface area contributed by atoms with Crippen LogP contribution in [0.1, 0.15) is 31.5 Å². The van der Waals surface area contributed by atoms with E-state index in [1.165, 1.54) is 4.88 Å². The molecule has 9 heteroatoms. The van der Waals surface area contributed by atoms with Crippen LogP contribution in [-0.4, -0.2) is 68.3 Å². The van der Waals surface area contributed by atoms with Gasteiger partial charge in [0.1, 0.15) is 5.82 Å². The van der Waals surface area contributed by atoms with Gasteiger partial charge in [-0.15, -0.1) is 11.3 Å². The predicted octanol–water partition coefficient (Wildman–Crippen LogP) is 2.09. The molecule has 7 nitrogen and oxygen atoms in total. The zero-order valence-electron chi connectivity index (χ0n) is 17.1. The van der Waals surface area contributed by atoms with Gasteiger partial charge in [0.05, 0.1) is 13.2 Å². The highest BCUT2D eigenvalue weighted by Gasteiger charge is 2.22. The topological polar surface area (TPSA) is 58.3 Å². The van der Waals surface area contributed by atoms with Gasteiger partial charge in [0.2, 0.25) is 5.91 Å². The first kappa shape index (κ1) is 21.2. The van der Waals surface area contributed by atoms with Crippen LogP contribution in [0.5, 0.6) is 0 Å². The van der Waals surface area contributed by atoms with Crippen LogP contribution in [0, 0.1) is 4.77 Å². The molecule has 0 saturated carbocycles. The number of nitrogens with one attached hydrogen (secondary N) is 1. The number of amides is 1. The summed E-state index contributed by atoms with van der Waals surface area (Å²) in [6.07, 6.45) is 0.807. The maximum atomic E-state index is 12.1. The zero-order chi connectivity index (χ0) is 20.3. The van der Waals surface area contributed by atoms with Crippen LogP contribution in [0.4, 0.5) is 0 Å². The molecule has 0 radical (unpaired) electrons. The van der Waals surface area contributed by atoms with E-state index >= 15 is 0 Å². The molecule has 0 aromatic carbocycles. The van der Waals surface area contributed by atoms with Crippen molar-refractivity contribution in [3.63, 3.8) is 0 Å². The number of hydrogen-bond donors (Lipinski definition) is 1. The largest absolute Gasteiger partial charge is 0.350 e. The molecule has 154 valence electrons. The molecule has 0 aliphatic carbocycles. The molecule has 0 atom stereocenters. The summed E-state index contributed by atoms with van der Waals surface area (Å²) in [7, 11) is 1.99. The number of piperazine rings is 1. The second-order valence-corrected chi connectivity index (χ2v) is 9.74. The van der Waals surface area contributed by atoms with Crippen LogP contribution in [0.3, 0.4) is 0 Å². The van der Waals surface area contributed by atoms with Gasteiger partial charge < -0.3 is 9.88 Å². The van der Waals surface area contributed by atoms with Gasteiger partial charge in [-0.1, -0.05) is 6.07 Å². The Morgan fingerprint density at radius 2 is 1.93 bits per heavy atom. The molecular formula is C19H30N6OS2. The Balaban J connectivity index is 1.52. The van der Waals surface area contributed by atoms with E-state index in [0.29, 0.717) is 13.2 Å². The standard InChI is InChI=1S/C19H30N6OS2/c1-19(2,3)20-17(26)13-23-7-9-24(10-8-23)14-25-18(27)22(4)16(21-25)12-15-6-5-11-28-15/h5-6,11H,7-10,12-14H2,1-4H3,(H,20,26). The molecule has 1 N–H and O–H groups in total. The highest BCUT2D eigenvalue weighted by atomic mass is 32.1. The van der Waals surface area contributed by atoms with Crippen molar-refractivity contribution >= 4 is 29.5 Å². The fourth-order valence-electron chi connectivity index (χ4n) is 3.29. The molecule has 1 fully saturated rings. The molecule has 1 aliphatic heterocycles. The van der Waals surface area contributed by atoms with Gasteiger partial charge in [-0.2, -0.15) is 5.10 Å². The minimum absolute atomic E-state index is 0.0890. The monoisotopic (exact) mass is 422 g/mol. The van der Waals surface area contributed by atoms with E-state index < -0.39 is 0 Å². The Hall–Kier alpha value is -1.55. The molecule has 3 rings (SSSR count). The minimum Gasteiger partial charge on any atom is -0.350 e. The minimum atomic E-state index is -0.185. The molecule has 1 amide bonds. The lowest BCUT2D eigenvalue weighted by Gasteiger charge is -2.34. The molecule has 0 spiro atoms. The number of rotatable bonds is 6. The van der Waals surface area contributed by atoms with Crippen molar-refractivity contribution < 1.29 is 4.79 Å². The quantitative estimate of drug-likeness (QED) is 0.723. The van der Waals surface area contributed by atoms with Crippen LogP contribution in [0.25, 0.3) is 0 Å². The van der Waals surface area contributed by atoms with Crippen molar-refractivity contribution in [1.29, 1.82) is 0 Å². The Labute approximate surface area is 175 Å². The maximum absolute atomic E-state index is 12.1. The highest BCUT2D eigenvalue weighted by molar-refractivity contribution is 7.71. The lowest BCUT2D eigenvalue weighted by molar-refractivity contribution is -0.124. The second-order valence-electron chi connectivity index (χ2n) is 8.35. The van der Waals surface area contributed by atoms with E-state index in [4.69, 9.17) is 17.3 Å². The van der Waals surface area contributed by atoms with Crippen molar-refractivity contribution in [3.8, 4) is 0 Å². The summed E-state index contributed by atoms with van der Waals surface area (Å²) in [5.74, 6) is 1.08. The average molecular weight is 423 g/mol. The molecular weight excluding hydrogens is 392 g/mol. The van der Waals surface area contributed by atoms with Gasteiger partial charge >= 0.3 is 0 Å². The van der Waals surface area contributed by atoms with Gasteiger partial charge in [-0.05, 0) is 44.4 Å². The second kappa shape index (κ2) is 8.86. The molecule has 2 aromatic rings. The summed E-state index contributed by atoms with van der Waals surface area (Å²) in [6.45, 7) is 10.7. The number of carbonyl (C=O) groups is 1. The Morgan fingerprint density at radius 1 is 1.25 bits per heavy atom. The fraction of sp³-hybridized carbons (Fsp3) is 0.632. The third kappa shape index (κ3) is 5.73. The summed E-state index contributed by atoms with van der Waals surface area (Å²) < 4.78 is 4.67. The van der Waals surface area contributed by atoms with Crippen molar-refractivity contribution in [2.75, 3.05) is 32.7 Å². The summed E-state index contributed by atoms with van der Waals surface area (Å²) in [5, 5.41) is 9.86. The Kier molecular flexibility index (Phi) is 6.69. The van der Waals surface area contributed by atoms with Crippen molar-refractivity contribution in [3.05, 3.63) is 33.0 Å². The highest BCUT2D eigenvalue weighted by Crippen LogP contribution is 2.14. The molecule has 3 heterocycles. The molecule has 0 bridgehead atoms. The van der Waals surface area contributed by atoms with Crippen LogP contribution < -0.4 is 5.32 Å². The van der Waals surface area contributed by atoms with Crippen LogP contribution in [-0.2, 0) is 24.9 Å². The zero-order valence-corrected chi connectivity index (χ0v) is 18.8. The smallest absolute Gasteiger partial charge is 0.234 e. The molecule has 1 aliphatic rings. The van der Waals surface area contributed by atoms with Crippen LogP contribution >= 0.6 is 23.6 Å². The summed E-state index contributed by atoms with van der Waals surface area (Å²) in [4.78, 5) is 18.0. The van der Waals surface area contributed by atoms with E-state index in [0.717, 1.165) is 43.2 Å². The molecule has 2 aromatic heterocycles. The summed E-state index contributed by atoms with van der Waals surface area (Å²) >= 11 is 7.33. The molecule has 28 heavy (non-hydrogen) atoms. The van der Waals surface area contributed by atoms with Crippen molar-refractivity contribution in [2.45, 2.75) is 39.4 Å². The molecule has 0 unspecified atom stereocenters. The third-order valence-electron chi connectivity index (χ3n) is 4.72.